The highest BCUT2D eigenvalue weighted by Gasteiger charge is 2.12. The fourth-order valence-corrected chi connectivity index (χ4v) is 1.84. The van der Waals surface area contributed by atoms with Gasteiger partial charge in [-0.25, -0.2) is 19.2 Å². The summed E-state index contributed by atoms with van der Waals surface area (Å²) in [5.41, 5.74) is 0.330. The molecule has 0 spiro atoms. The minimum Gasteiger partial charge on any atom is -0.477 e. The third kappa shape index (κ3) is 3.98. The molecule has 1 heterocycles. The number of aromatic nitrogens is 2. The first kappa shape index (κ1) is 14.9. The fourth-order valence-electron chi connectivity index (χ4n) is 1.84. The Bertz CT molecular complexity index is 647. The molecule has 0 saturated carbocycles. The van der Waals surface area contributed by atoms with E-state index >= 15 is 0 Å². The van der Waals surface area contributed by atoms with Gasteiger partial charge in [-0.15, -0.1) is 0 Å². The molecular weight excluding hydrogens is 273 g/mol. The Balaban J connectivity index is 2.31. The van der Waals surface area contributed by atoms with Gasteiger partial charge in [-0.1, -0.05) is 25.1 Å². The van der Waals surface area contributed by atoms with Crippen LogP contribution in [-0.4, -0.2) is 27.6 Å². The fraction of sp³-hybridized carbons (Fsp3) is 0.267. The van der Waals surface area contributed by atoms with Crippen molar-refractivity contribution in [2.45, 2.75) is 19.8 Å². The molecule has 0 amide bonds. The molecule has 0 fully saturated rings. The maximum atomic E-state index is 13.7. The van der Waals surface area contributed by atoms with Crippen LogP contribution in [0, 0.1) is 5.82 Å². The maximum absolute atomic E-state index is 13.7. The molecule has 0 unspecified atom stereocenters. The van der Waals surface area contributed by atoms with Gasteiger partial charge in [-0.2, -0.15) is 0 Å². The molecule has 0 aliphatic heterocycles. The number of halogens is 1. The molecular formula is C15H16FN3O2. The predicted octanol–water partition coefficient (Wildman–Crippen LogP) is 2.73. The summed E-state index contributed by atoms with van der Waals surface area (Å²) in [5, 5.41) is 12.1. The van der Waals surface area contributed by atoms with E-state index in [-0.39, 0.29) is 23.8 Å². The number of anilines is 1. The van der Waals surface area contributed by atoms with Crippen LogP contribution < -0.4 is 5.32 Å². The molecule has 2 aromatic rings. The third-order valence-corrected chi connectivity index (χ3v) is 2.85. The molecule has 1 aromatic carbocycles. The molecule has 2 N–H and O–H groups in total. The van der Waals surface area contributed by atoms with Gasteiger partial charge in [-0.05, 0) is 18.1 Å². The molecule has 5 nitrogen and oxygen atoms in total. The summed E-state index contributed by atoms with van der Waals surface area (Å²) in [6.07, 6.45) is 1.03. The third-order valence-electron chi connectivity index (χ3n) is 2.85. The molecule has 0 atom stereocenters. The number of hydrogen-bond acceptors (Lipinski definition) is 4. The largest absolute Gasteiger partial charge is 0.477 e. The van der Waals surface area contributed by atoms with E-state index in [0.717, 1.165) is 6.42 Å². The van der Waals surface area contributed by atoms with Crippen LogP contribution in [-0.2, 0) is 6.42 Å². The van der Waals surface area contributed by atoms with Crippen LogP contribution in [0.2, 0.25) is 0 Å². The summed E-state index contributed by atoms with van der Waals surface area (Å²) in [5.74, 6) is -0.772. The minimum absolute atomic E-state index is 0.102. The van der Waals surface area contributed by atoms with Crippen molar-refractivity contribution in [3.63, 3.8) is 0 Å². The van der Waals surface area contributed by atoms with Crippen molar-refractivity contribution < 1.29 is 14.3 Å². The van der Waals surface area contributed by atoms with E-state index in [1.54, 1.807) is 18.2 Å². The zero-order chi connectivity index (χ0) is 15.2. The summed E-state index contributed by atoms with van der Waals surface area (Å²) < 4.78 is 13.7. The Kier molecular flexibility index (Phi) is 4.81. The number of carboxylic acid groups (broad SMARTS) is 1. The maximum Gasteiger partial charge on any atom is 0.354 e. The lowest BCUT2D eigenvalue weighted by atomic mass is 10.1. The zero-order valence-electron chi connectivity index (χ0n) is 11.6. The van der Waals surface area contributed by atoms with E-state index in [2.05, 4.69) is 15.3 Å². The molecule has 0 saturated heterocycles. The Morgan fingerprint density at radius 1 is 1.33 bits per heavy atom. The topological polar surface area (TPSA) is 75.1 Å². The van der Waals surface area contributed by atoms with Crippen LogP contribution in [0.3, 0.4) is 0 Å². The average Bonchev–Trinajstić information content (AvgIpc) is 2.47. The van der Waals surface area contributed by atoms with Crippen LogP contribution >= 0.6 is 0 Å². The number of benzene rings is 1. The second kappa shape index (κ2) is 6.78. The summed E-state index contributed by atoms with van der Waals surface area (Å²) in [6, 6.07) is 7.68. The summed E-state index contributed by atoms with van der Waals surface area (Å²) >= 11 is 0. The molecule has 2 rings (SSSR count). The highest BCUT2D eigenvalue weighted by Crippen LogP contribution is 2.13. The average molecular weight is 289 g/mol. The van der Waals surface area contributed by atoms with Gasteiger partial charge in [0.25, 0.3) is 0 Å². The first-order valence-corrected chi connectivity index (χ1v) is 6.68. The SMILES string of the molecule is CCCNc1cc(C(=O)O)nc(Cc2ccccc2F)n1. The lowest BCUT2D eigenvalue weighted by molar-refractivity contribution is 0.0690. The van der Waals surface area contributed by atoms with E-state index in [1.165, 1.54) is 12.1 Å². The van der Waals surface area contributed by atoms with E-state index in [4.69, 9.17) is 5.11 Å². The standard InChI is InChI=1S/C15H16FN3O2/c1-2-7-17-13-9-12(15(20)21)18-14(19-13)8-10-5-3-4-6-11(10)16/h3-6,9H,2,7-8H2,1H3,(H,20,21)(H,17,18,19). The molecule has 110 valence electrons. The van der Waals surface area contributed by atoms with Gasteiger partial charge in [0.15, 0.2) is 5.69 Å². The predicted molar refractivity (Wildman–Crippen MR) is 77.0 cm³/mol. The number of carbonyl (C=O) groups is 1. The van der Waals surface area contributed by atoms with E-state index in [9.17, 15) is 9.18 Å². The van der Waals surface area contributed by atoms with Crippen molar-refractivity contribution in [1.29, 1.82) is 0 Å². The second-order valence-electron chi connectivity index (χ2n) is 4.55. The van der Waals surface area contributed by atoms with Crippen molar-refractivity contribution in [1.82, 2.24) is 9.97 Å². The Hall–Kier alpha value is -2.50. The van der Waals surface area contributed by atoms with Gasteiger partial charge in [0.05, 0.1) is 0 Å². The van der Waals surface area contributed by atoms with E-state index < -0.39 is 5.97 Å². The van der Waals surface area contributed by atoms with Crippen molar-refractivity contribution in [2.75, 3.05) is 11.9 Å². The Morgan fingerprint density at radius 3 is 2.76 bits per heavy atom. The monoisotopic (exact) mass is 289 g/mol. The summed E-state index contributed by atoms with van der Waals surface area (Å²) in [6.45, 7) is 2.67. The molecule has 1 aromatic heterocycles. The quantitative estimate of drug-likeness (QED) is 0.855. The smallest absolute Gasteiger partial charge is 0.354 e. The van der Waals surface area contributed by atoms with Crippen LogP contribution in [0.15, 0.2) is 30.3 Å². The molecule has 0 aliphatic rings. The van der Waals surface area contributed by atoms with Gasteiger partial charge < -0.3 is 10.4 Å². The Morgan fingerprint density at radius 2 is 2.10 bits per heavy atom. The van der Waals surface area contributed by atoms with Gasteiger partial charge in [-0.3, -0.25) is 0 Å². The van der Waals surface area contributed by atoms with Gasteiger partial charge in [0.2, 0.25) is 0 Å². The number of nitrogens with one attached hydrogen (secondary N) is 1. The molecule has 0 radical (unpaired) electrons. The van der Waals surface area contributed by atoms with Crippen LogP contribution in [0.5, 0.6) is 0 Å². The summed E-state index contributed by atoms with van der Waals surface area (Å²) in [7, 11) is 0. The van der Waals surface area contributed by atoms with Crippen molar-refractivity contribution in [3.05, 3.63) is 53.2 Å². The molecule has 0 aliphatic carbocycles. The second-order valence-corrected chi connectivity index (χ2v) is 4.55. The number of carboxylic acids is 1. The van der Waals surface area contributed by atoms with Crippen LogP contribution in [0.1, 0.15) is 35.2 Å². The van der Waals surface area contributed by atoms with Gasteiger partial charge >= 0.3 is 5.97 Å². The first-order chi connectivity index (χ1) is 10.1. The van der Waals surface area contributed by atoms with Crippen LogP contribution in [0.25, 0.3) is 0 Å². The van der Waals surface area contributed by atoms with Crippen LogP contribution in [0.4, 0.5) is 10.2 Å². The highest BCUT2D eigenvalue weighted by atomic mass is 19.1. The lowest BCUT2D eigenvalue weighted by Gasteiger charge is -2.08. The van der Waals surface area contributed by atoms with Gasteiger partial charge in [0, 0.05) is 19.0 Å². The highest BCUT2D eigenvalue weighted by molar-refractivity contribution is 5.86. The van der Waals surface area contributed by atoms with E-state index in [0.29, 0.717) is 17.9 Å². The van der Waals surface area contributed by atoms with Gasteiger partial charge in [0.1, 0.15) is 17.5 Å². The lowest BCUT2D eigenvalue weighted by Crippen LogP contribution is -2.11. The molecule has 0 bridgehead atoms. The Labute approximate surface area is 121 Å². The van der Waals surface area contributed by atoms with Crippen molar-refractivity contribution >= 4 is 11.8 Å². The minimum atomic E-state index is -1.13. The number of rotatable bonds is 6. The molecule has 21 heavy (non-hydrogen) atoms. The summed E-state index contributed by atoms with van der Waals surface area (Å²) in [4.78, 5) is 19.3. The number of aromatic carboxylic acids is 1. The first-order valence-electron chi connectivity index (χ1n) is 6.68. The molecule has 6 heteroatoms. The van der Waals surface area contributed by atoms with Crippen molar-refractivity contribution in [3.8, 4) is 0 Å². The zero-order valence-corrected chi connectivity index (χ0v) is 11.6. The number of nitrogens with zero attached hydrogens (tertiary/aromatic N) is 2. The van der Waals surface area contributed by atoms with E-state index in [1.807, 2.05) is 6.92 Å². The normalized spacial score (nSPS) is 10.4. The van der Waals surface area contributed by atoms with Crippen molar-refractivity contribution in [2.24, 2.45) is 0 Å². The number of hydrogen-bond donors (Lipinski definition) is 2.